The van der Waals surface area contributed by atoms with Gasteiger partial charge in [0.15, 0.2) is 0 Å². The molecule has 1 rings (SSSR count). The highest BCUT2D eigenvalue weighted by Gasteiger charge is 2.22. The van der Waals surface area contributed by atoms with E-state index in [-0.39, 0.29) is 24.8 Å². The van der Waals surface area contributed by atoms with Crippen molar-refractivity contribution in [2.45, 2.75) is 13.3 Å². The smallest absolute Gasteiger partial charge is 0.138 e. The Bertz CT molecular complexity index is 126. The summed E-state index contributed by atoms with van der Waals surface area (Å²) in [5, 5.41) is 0.700. The molecule has 0 spiro atoms. The number of carbonyl (C=O) groups is 1. The van der Waals surface area contributed by atoms with E-state index in [1.807, 2.05) is 0 Å². The zero-order chi connectivity index (χ0) is 6.85. The summed E-state index contributed by atoms with van der Waals surface area (Å²) in [6.07, 6.45) is 0.373. The number of hydrogen-bond acceptors (Lipinski definition) is 2. The third-order valence-corrected chi connectivity index (χ3v) is 1.62. The molecule has 1 aliphatic heterocycles. The van der Waals surface area contributed by atoms with Crippen molar-refractivity contribution < 1.29 is 9.28 Å². The molecule has 2 nitrogen and oxygen atoms in total. The summed E-state index contributed by atoms with van der Waals surface area (Å²) in [6.45, 7) is 2.32. The molecule has 0 amide bonds. The SMILES string of the molecule is CC1CN(F)CCC1=O. The quantitative estimate of drug-likeness (QED) is 0.453. The van der Waals surface area contributed by atoms with E-state index in [0.29, 0.717) is 11.5 Å². The van der Waals surface area contributed by atoms with Crippen molar-refractivity contribution in [1.82, 2.24) is 5.12 Å². The minimum absolute atomic E-state index is 0.108. The van der Waals surface area contributed by atoms with Gasteiger partial charge in [-0.25, -0.2) is 0 Å². The molecule has 0 aliphatic carbocycles. The summed E-state index contributed by atoms with van der Waals surface area (Å²) in [6, 6.07) is 0. The number of carbonyl (C=O) groups excluding carboxylic acids is 1. The number of halogens is 1. The maximum Gasteiger partial charge on any atom is 0.138 e. The van der Waals surface area contributed by atoms with Gasteiger partial charge in [0.2, 0.25) is 0 Å². The van der Waals surface area contributed by atoms with Gasteiger partial charge in [-0.2, -0.15) is 0 Å². The van der Waals surface area contributed by atoms with Crippen molar-refractivity contribution in [2.75, 3.05) is 13.1 Å². The first-order valence-corrected chi connectivity index (χ1v) is 3.13. The third-order valence-electron chi connectivity index (χ3n) is 1.62. The monoisotopic (exact) mass is 131 g/mol. The Morgan fingerprint density at radius 3 is 2.89 bits per heavy atom. The lowest BCUT2D eigenvalue weighted by molar-refractivity contribution is -0.131. The molecule has 3 heteroatoms. The average molecular weight is 131 g/mol. The van der Waals surface area contributed by atoms with Crippen LogP contribution in [0.15, 0.2) is 0 Å². The highest BCUT2D eigenvalue weighted by Crippen LogP contribution is 2.11. The summed E-state index contributed by atoms with van der Waals surface area (Å²) < 4.78 is 12.3. The van der Waals surface area contributed by atoms with E-state index >= 15 is 0 Å². The molecule has 0 saturated carbocycles. The summed E-state index contributed by atoms with van der Waals surface area (Å²) in [4.78, 5) is 10.7. The maximum atomic E-state index is 12.3. The van der Waals surface area contributed by atoms with Crippen molar-refractivity contribution in [3.05, 3.63) is 0 Å². The lowest BCUT2D eigenvalue weighted by Gasteiger charge is -2.21. The minimum Gasteiger partial charge on any atom is -0.299 e. The average Bonchev–Trinajstić information content (AvgIpc) is 1.80. The Balaban J connectivity index is 2.44. The number of piperidine rings is 1. The molecule has 1 unspecified atom stereocenters. The molecule has 1 aliphatic rings. The fraction of sp³-hybridized carbons (Fsp3) is 0.833. The van der Waals surface area contributed by atoms with E-state index < -0.39 is 0 Å². The van der Waals surface area contributed by atoms with Gasteiger partial charge < -0.3 is 0 Å². The zero-order valence-electron chi connectivity index (χ0n) is 5.43. The second-order valence-corrected chi connectivity index (χ2v) is 2.49. The Hall–Kier alpha value is -0.440. The molecule has 1 saturated heterocycles. The van der Waals surface area contributed by atoms with Crippen LogP contribution < -0.4 is 0 Å². The number of nitrogens with zero attached hydrogens (tertiary/aromatic N) is 1. The summed E-state index contributed by atoms with van der Waals surface area (Å²) in [5.74, 6) is 0.0765. The van der Waals surface area contributed by atoms with Crippen LogP contribution in [0.4, 0.5) is 4.48 Å². The van der Waals surface area contributed by atoms with Gasteiger partial charge in [0, 0.05) is 25.4 Å². The molecular formula is C6H10FNO. The van der Waals surface area contributed by atoms with Crippen molar-refractivity contribution in [2.24, 2.45) is 5.92 Å². The highest BCUT2D eigenvalue weighted by atomic mass is 19.2. The van der Waals surface area contributed by atoms with Crippen LogP contribution in [0.3, 0.4) is 0 Å². The molecule has 0 radical (unpaired) electrons. The van der Waals surface area contributed by atoms with Crippen molar-refractivity contribution in [3.63, 3.8) is 0 Å². The van der Waals surface area contributed by atoms with E-state index in [4.69, 9.17) is 0 Å². The Morgan fingerprint density at radius 2 is 2.44 bits per heavy atom. The fourth-order valence-corrected chi connectivity index (χ4v) is 0.968. The molecule has 0 bridgehead atoms. The molecule has 0 aromatic carbocycles. The molecule has 0 N–H and O–H groups in total. The van der Waals surface area contributed by atoms with E-state index in [2.05, 4.69) is 0 Å². The second kappa shape index (κ2) is 2.43. The van der Waals surface area contributed by atoms with Crippen LogP contribution in [0.5, 0.6) is 0 Å². The number of hydrogen-bond donors (Lipinski definition) is 0. The minimum atomic E-state index is -0.108. The molecule has 0 aromatic rings. The van der Waals surface area contributed by atoms with Crippen molar-refractivity contribution in [3.8, 4) is 0 Å². The van der Waals surface area contributed by atoms with Gasteiger partial charge in [-0.15, -0.1) is 9.60 Å². The van der Waals surface area contributed by atoms with Gasteiger partial charge in [-0.1, -0.05) is 6.92 Å². The van der Waals surface area contributed by atoms with Crippen molar-refractivity contribution in [1.29, 1.82) is 0 Å². The van der Waals surface area contributed by atoms with Gasteiger partial charge >= 0.3 is 0 Å². The Kier molecular flexibility index (Phi) is 1.81. The predicted molar refractivity (Wildman–Crippen MR) is 31.5 cm³/mol. The number of Topliss-reactive ketones (excluding diaryl/α,β-unsaturated/α-hetero) is 1. The van der Waals surface area contributed by atoms with Crippen LogP contribution in [0.1, 0.15) is 13.3 Å². The van der Waals surface area contributed by atoms with Gasteiger partial charge in [0.05, 0.1) is 0 Å². The molecule has 1 atom stereocenters. The molecule has 52 valence electrons. The first-order chi connectivity index (χ1) is 4.20. The lowest BCUT2D eigenvalue weighted by atomic mass is 10.0. The first-order valence-electron chi connectivity index (χ1n) is 3.13. The highest BCUT2D eigenvalue weighted by molar-refractivity contribution is 5.81. The topological polar surface area (TPSA) is 20.3 Å². The molecule has 1 heterocycles. The van der Waals surface area contributed by atoms with Gasteiger partial charge in [-0.3, -0.25) is 4.79 Å². The molecular weight excluding hydrogens is 121 g/mol. The van der Waals surface area contributed by atoms with Gasteiger partial charge in [0.25, 0.3) is 0 Å². The predicted octanol–water partition coefficient (Wildman–Crippen LogP) is 0.782. The number of rotatable bonds is 0. The lowest BCUT2D eigenvalue weighted by Crippen LogP contribution is -2.34. The Morgan fingerprint density at radius 1 is 1.78 bits per heavy atom. The van der Waals surface area contributed by atoms with E-state index in [0.717, 1.165) is 0 Å². The molecule has 1 fully saturated rings. The van der Waals surface area contributed by atoms with Gasteiger partial charge in [0.1, 0.15) is 5.78 Å². The van der Waals surface area contributed by atoms with Crippen LogP contribution >= 0.6 is 0 Å². The van der Waals surface area contributed by atoms with Crippen LogP contribution in [0.2, 0.25) is 0 Å². The molecule has 9 heavy (non-hydrogen) atoms. The Labute approximate surface area is 53.6 Å². The van der Waals surface area contributed by atoms with E-state index in [1.54, 1.807) is 6.92 Å². The van der Waals surface area contributed by atoms with Crippen molar-refractivity contribution >= 4 is 5.78 Å². The zero-order valence-corrected chi connectivity index (χ0v) is 5.43. The second-order valence-electron chi connectivity index (χ2n) is 2.49. The van der Waals surface area contributed by atoms with Crippen LogP contribution in [0, 0.1) is 5.92 Å². The largest absolute Gasteiger partial charge is 0.299 e. The first kappa shape index (κ1) is 6.68. The van der Waals surface area contributed by atoms with E-state index in [1.165, 1.54) is 0 Å². The summed E-state index contributed by atoms with van der Waals surface area (Å²) in [7, 11) is 0. The number of ketones is 1. The van der Waals surface area contributed by atoms with Crippen LogP contribution in [-0.2, 0) is 4.79 Å². The van der Waals surface area contributed by atoms with Crippen LogP contribution in [0.25, 0.3) is 0 Å². The summed E-state index contributed by atoms with van der Waals surface area (Å²) in [5.41, 5.74) is 0. The van der Waals surface area contributed by atoms with Gasteiger partial charge in [-0.05, 0) is 0 Å². The fourth-order valence-electron chi connectivity index (χ4n) is 0.968. The maximum absolute atomic E-state index is 12.3. The third kappa shape index (κ3) is 1.48. The summed E-state index contributed by atoms with van der Waals surface area (Å²) >= 11 is 0. The normalized spacial score (nSPS) is 30.9. The van der Waals surface area contributed by atoms with Crippen LogP contribution in [-0.4, -0.2) is 24.0 Å². The molecule has 0 aromatic heterocycles. The standard InChI is InChI=1S/C6H10FNO/c1-5-4-8(7)3-2-6(5)9/h5H,2-4H2,1H3. The van der Waals surface area contributed by atoms with E-state index in [9.17, 15) is 9.28 Å².